The Morgan fingerprint density at radius 2 is 1.80 bits per heavy atom. The first kappa shape index (κ1) is 22.6. The van der Waals surface area contributed by atoms with Crippen molar-refractivity contribution in [3.63, 3.8) is 0 Å². The lowest BCUT2D eigenvalue weighted by Crippen LogP contribution is -2.49. The second kappa shape index (κ2) is 10.0. The van der Waals surface area contributed by atoms with E-state index in [9.17, 15) is 14.4 Å². The zero-order chi connectivity index (χ0) is 24.2. The van der Waals surface area contributed by atoms with Gasteiger partial charge in [0.15, 0.2) is 5.82 Å². The molecule has 2 aliphatic rings. The van der Waals surface area contributed by atoms with Gasteiger partial charge < -0.3 is 10.1 Å². The Balaban J connectivity index is 1.09. The van der Waals surface area contributed by atoms with Crippen LogP contribution in [0.25, 0.3) is 0 Å². The number of ether oxygens (including phenoxy) is 1. The summed E-state index contributed by atoms with van der Waals surface area (Å²) in [7, 11) is 0. The lowest BCUT2D eigenvalue weighted by atomic mass is 9.83. The molecule has 35 heavy (non-hydrogen) atoms. The van der Waals surface area contributed by atoms with E-state index in [0.717, 1.165) is 22.5 Å². The van der Waals surface area contributed by atoms with Crippen LogP contribution in [0.1, 0.15) is 48.4 Å². The molecule has 0 spiro atoms. The normalized spacial score (nSPS) is 15.9. The predicted octanol–water partition coefficient (Wildman–Crippen LogP) is 3.88. The standard InChI is InChI=1S/C26H27N5O4/c32-24-12-13-31(26(34)28-24)20-8-4-18(5-9-20)16-35-21-10-6-17(7-11-21)14-25(33)27-23-15-22(29-30-23)19-2-1-3-19/h4-11,15,19H,1-3,12-14,16H2,(H,28,32,34)(H2,27,29,30,33). The molecule has 2 heterocycles. The number of hydrogen-bond acceptors (Lipinski definition) is 5. The van der Waals surface area contributed by atoms with Crippen LogP contribution >= 0.6 is 0 Å². The van der Waals surface area contributed by atoms with Gasteiger partial charge in [0.05, 0.1) is 6.42 Å². The number of imide groups is 1. The van der Waals surface area contributed by atoms with E-state index in [1.807, 2.05) is 54.6 Å². The number of aromatic amines is 1. The number of carbonyl (C=O) groups excluding carboxylic acids is 3. The summed E-state index contributed by atoms with van der Waals surface area (Å²) >= 11 is 0. The van der Waals surface area contributed by atoms with Gasteiger partial charge in [0.2, 0.25) is 11.8 Å². The third-order valence-corrected chi connectivity index (χ3v) is 6.41. The van der Waals surface area contributed by atoms with Gasteiger partial charge in [-0.15, -0.1) is 0 Å². The second-order valence-electron chi connectivity index (χ2n) is 8.92. The average molecular weight is 474 g/mol. The minimum Gasteiger partial charge on any atom is -0.489 e. The maximum atomic E-state index is 12.4. The third-order valence-electron chi connectivity index (χ3n) is 6.41. The van der Waals surface area contributed by atoms with Crippen LogP contribution < -0.4 is 20.3 Å². The zero-order valence-corrected chi connectivity index (χ0v) is 19.3. The summed E-state index contributed by atoms with van der Waals surface area (Å²) in [5.41, 5.74) is 3.66. The molecule has 2 fully saturated rings. The number of benzene rings is 2. The summed E-state index contributed by atoms with van der Waals surface area (Å²) in [5, 5.41) is 12.4. The van der Waals surface area contributed by atoms with Crippen LogP contribution in [0.15, 0.2) is 54.6 Å². The molecule has 1 aliphatic heterocycles. The van der Waals surface area contributed by atoms with Crippen LogP contribution in [-0.2, 0) is 22.6 Å². The number of H-pyrrole nitrogens is 1. The Morgan fingerprint density at radius 1 is 1.06 bits per heavy atom. The fourth-order valence-electron chi connectivity index (χ4n) is 4.15. The van der Waals surface area contributed by atoms with Crippen LogP contribution in [-0.4, -0.2) is 34.6 Å². The molecule has 0 atom stereocenters. The van der Waals surface area contributed by atoms with Gasteiger partial charge in [-0.05, 0) is 48.2 Å². The molecule has 180 valence electrons. The molecular formula is C26H27N5O4. The molecule has 1 saturated heterocycles. The summed E-state index contributed by atoms with van der Waals surface area (Å²) < 4.78 is 5.86. The van der Waals surface area contributed by atoms with Gasteiger partial charge in [-0.25, -0.2) is 4.79 Å². The molecule has 9 nitrogen and oxygen atoms in total. The van der Waals surface area contributed by atoms with Crippen molar-refractivity contribution in [3.05, 3.63) is 71.4 Å². The molecule has 1 saturated carbocycles. The number of nitrogens with one attached hydrogen (secondary N) is 3. The molecule has 0 bridgehead atoms. The molecule has 2 aromatic carbocycles. The highest BCUT2D eigenvalue weighted by Crippen LogP contribution is 2.35. The van der Waals surface area contributed by atoms with E-state index in [2.05, 4.69) is 20.8 Å². The number of carbonyl (C=O) groups is 3. The fourth-order valence-corrected chi connectivity index (χ4v) is 4.15. The van der Waals surface area contributed by atoms with Crippen LogP contribution in [0, 0.1) is 0 Å². The molecule has 3 N–H and O–H groups in total. The number of aromatic nitrogens is 2. The number of hydrogen-bond donors (Lipinski definition) is 3. The third kappa shape index (κ3) is 5.51. The van der Waals surface area contributed by atoms with Crippen LogP contribution in [0.2, 0.25) is 0 Å². The average Bonchev–Trinajstić information content (AvgIpc) is 3.25. The van der Waals surface area contributed by atoms with Gasteiger partial charge in [-0.3, -0.25) is 24.9 Å². The van der Waals surface area contributed by atoms with Gasteiger partial charge in [0.25, 0.3) is 0 Å². The number of nitrogens with zero attached hydrogens (tertiary/aromatic N) is 2. The molecule has 9 heteroatoms. The van der Waals surface area contributed by atoms with E-state index in [4.69, 9.17) is 4.74 Å². The number of rotatable bonds is 8. The Morgan fingerprint density at radius 3 is 2.49 bits per heavy atom. The molecule has 1 aliphatic carbocycles. The topological polar surface area (TPSA) is 116 Å². The first-order valence-corrected chi connectivity index (χ1v) is 11.8. The van der Waals surface area contributed by atoms with Crippen LogP contribution in [0.3, 0.4) is 0 Å². The van der Waals surface area contributed by atoms with E-state index < -0.39 is 6.03 Å². The summed E-state index contributed by atoms with van der Waals surface area (Å²) in [5.74, 6) is 1.44. The summed E-state index contributed by atoms with van der Waals surface area (Å²) in [6.45, 7) is 0.737. The number of urea groups is 1. The maximum Gasteiger partial charge on any atom is 0.328 e. The Hall–Kier alpha value is -4.14. The van der Waals surface area contributed by atoms with E-state index >= 15 is 0 Å². The van der Waals surface area contributed by atoms with E-state index in [1.54, 1.807) is 4.90 Å². The highest BCUT2D eigenvalue weighted by molar-refractivity contribution is 6.05. The van der Waals surface area contributed by atoms with Crippen molar-refractivity contribution in [2.75, 3.05) is 16.8 Å². The number of amides is 4. The minimum absolute atomic E-state index is 0.114. The van der Waals surface area contributed by atoms with Gasteiger partial charge >= 0.3 is 6.03 Å². The molecule has 0 unspecified atom stereocenters. The quantitative estimate of drug-likeness (QED) is 0.459. The largest absolute Gasteiger partial charge is 0.489 e. The first-order chi connectivity index (χ1) is 17.0. The van der Waals surface area contributed by atoms with E-state index in [1.165, 1.54) is 19.3 Å². The number of anilines is 2. The predicted molar refractivity (Wildman–Crippen MR) is 130 cm³/mol. The van der Waals surface area contributed by atoms with Crippen LogP contribution in [0.4, 0.5) is 16.3 Å². The molecular weight excluding hydrogens is 446 g/mol. The highest BCUT2D eigenvalue weighted by Gasteiger charge is 2.24. The van der Waals surface area contributed by atoms with Crippen LogP contribution in [0.5, 0.6) is 5.75 Å². The summed E-state index contributed by atoms with van der Waals surface area (Å²) in [6, 6.07) is 16.4. The lowest BCUT2D eigenvalue weighted by Gasteiger charge is -2.26. The van der Waals surface area contributed by atoms with Crippen molar-refractivity contribution in [1.82, 2.24) is 15.5 Å². The minimum atomic E-state index is -0.401. The van der Waals surface area contributed by atoms with E-state index in [-0.39, 0.29) is 18.2 Å². The lowest BCUT2D eigenvalue weighted by molar-refractivity contribution is -0.120. The Kier molecular flexibility index (Phi) is 6.47. The SMILES string of the molecule is O=C1CCN(c2ccc(COc3ccc(CC(=O)Nc4cc(C5CCC5)[nH]n4)cc3)cc2)C(=O)N1. The maximum absolute atomic E-state index is 12.4. The summed E-state index contributed by atoms with van der Waals surface area (Å²) in [6.07, 6.45) is 4.15. The van der Waals surface area contributed by atoms with Crippen molar-refractivity contribution >= 4 is 29.4 Å². The van der Waals surface area contributed by atoms with Gasteiger partial charge in [0.1, 0.15) is 12.4 Å². The molecule has 3 aromatic rings. The van der Waals surface area contributed by atoms with Crippen molar-refractivity contribution < 1.29 is 19.1 Å². The summed E-state index contributed by atoms with van der Waals surface area (Å²) in [4.78, 5) is 37.2. The molecule has 1 aromatic heterocycles. The molecule has 5 rings (SSSR count). The Bertz CT molecular complexity index is 1220. The fraction of sp³-hybridized carbons (Fsp3) is 0.308. The Labute approximate surface area is 202 Å². The van der Waals surface area contributed by atoms with Crippen molar-refractivity contribution in [2.24, 2.45) is 0 Å². The van der Waals surface area contributed by atoms with Crippen molar-refractivity contribution in [2.45, 2.75) is 44.6 Å². The monoisotopic (exact) mass is 473 g/mol. The van der Waals surface area contributed by atoms with Crippen molar-refractivity contribution in [1.29, 1.82) is 0 Å². The van der Waals surface area contributed by atoms with Gasteiger partial charge in [-0.2, -0.15) is 5.10 Å². The van der Waals surface area contributed by atoms with Gasteiger partial charge in [0, 0.05) is 36.3 Å². The van der Waals surface area contributed by atoms with Crippen molar-refractivity contribution in [3.8, 4) is 5.75 Å². The first-order valence-electron chi connectivity index (χ1n) is 11.8. The smallest absolute Gasteiger partial charge is 0.328 e. The molecule has 0 radical (unpaired) electrons. The van der Waals surface area contributed by atoms with E-state index in [0.29, 0.717) is 37.1 Å². The molecule has 4 amide bonds. The highest BCUT2D eigenvalue weighted by atomic mass is 16.5. The second-order valence-corrected chi connectivity index (χ2v) is 8.92. The van der Waals surface area contributed by atoms with Gasteiger partial charge in [-0.1, -0.05) is 30.7 Å². The zero-order valence-electron chi connectivity index (χ0n) is 19.3.